The number of hydrogen-bond acceptors (Lipinski definition) is 4. The van der Waals surface area contributed by atoms with E-state index in [4.69, 9.17) is 21.6 Å². The van der Waals surface area contributed by atoms with E-state index in [2.05, 4.69) is 4.74 Å². The maximum absolute atomic E-state index is 11.1. The Labute approximate surface area is 98.3 Å². The molecule has 0 bridgehead atoms. The summed E-state index contributed by atoms with van der Waals surface area (Å²) in [4.78, 5) is 11.1. The van der Waals surface area contributed by atoms with Gasteiger partial charge >= 0.3 is 5.97 Å². The molecule has 0 aliphatic heterocycles. The Balaban J connectivity index is 2.92. The molecule has 0 aliphatic carbocycles. The van der Waals surface area contributed by atoms with Gasteiger partial charge < -0.3 is 9.47 Å². The third-order valence-corrected chi connectivity index (χ3v) is 2.14. The second kappa shape index (κ2) is 5.38. The SMILES string of the molecule is COC(=O)[C@@H](C)Oc1cc(Cl)ccc1C#N. The van der Waals surface area contributed by atoms with E-state index in [9.17, 15) is 4.79 Å². The molecule has 0 fully saturated rings. The summed E-state index contributed by atoms with van der Waals surface area (Å²) < 4.78 is 9.80. The lowest BCUT2D eigenvalue weighted by Crippen LogP contribution is -2.25. The van der Waals surface area contributed by atoms with Crippen LogP contribution in [-0.2, 0) is 9.53 Å². The Morgan fingerprint density at radius 3 is 2.81 bits per heavy atom. The lowest BCUT2D eigenvalue weighted by atomic mass is 10.2. The van der Waals surface area contributed by atoms with Gasteiger partial charge in [-0.15, -0.1) is 0 Å². The molecule has 4 nitrogen and oxygen atoms in total. The molecule has 0 radical (unpaired) electrons. The van der Waals surface area contributed by atoms with Gasteiger partial charge in [-0.2, -0.15) is 5.26 Å². The number of esters is 1. The van der Waals surface area contributed by atoms with Crippen molar-refractivity contribution in [2.24, 2.45) is 0 Å². The summed E-state index contributed by atoms with van der Waals surface area (Å²) in [6.07, 6.45) is -0.782. The van der Waals surface area contributed by atoms with Crippen molar-refractivity contribution < 1.29 is 14.3 Å². The molecule has 1 aromatic carbocycles. The summed E-state index contributed by atoms with van der Waals surface area (Å²) in [6.45, 7) is 1.54. The van der Waals surface area contributed by atoms with Gasteiger partial charge in [0.05, 0.1) is 12.7 Å². The number of ether oxygens (including phenoxy) is 2. The molecule has 0 aromatic heterocycles. The third kappa shape index (κ3) is 2.88. The maximum Gasteiger partial charge on any atom is 0.346 e. The number of benzene rings is 1. The zero-order valence-corrected chi connectivity index (χ0v) is 9.62. The molecule has 0 saturated carbocycles. The number of halogens is 1. The predicted octanol–water partition coefficient (Wildman–Crippen LogP) is 2.15. The van der Waals surface area contributed by atoms with Crippen molar-refractivity contribution in [1.29, 1.82) is 5.26 Å². The van der Waals surface area contributed by atoms with Gasteiger partial charge in [0.15, 0.2) is 6.10 Å². The number of nitriles is 1. The normalized spacial score (nSPS) is 11.4. The zero-order valence-electron chi connectivity index (χ0n) is 8.86. The van der Waals surface area contributed by atoms with Crippen LogP contribution in [0.2, 0.25) is 5.02 Å². The van der Waals surface area contributed by atoms with Gasteiger partial charge in [-0.3, -0.25) is 0 Å². The van der Waals surface area contributed by atoms with E-state index in [0.29, 0.717) is 10.6 Å². The molecule has 0 unspecified atom stereocenters. The first-order valence-corrected chi connectivity index (χ1v) is 4.90. The van der Waals surface area contributed by atoms with Gasteiger partial charge in [0.1, 0.15) is 11.8 Å². The monoisotopic (exact) mass is 239 g/mol. The van der Waals surface area contributed by atoms with Gasteiger partial charge in [0, 0.05) is 11.1 Å². The molecule has 5 heteroatoms. The number of rotatable bonds is 3. The van der Waals surface area contributed by atoms with Crippen LogP contribution in [0.25, 0.3) is 0 Å². The molecule has 84 valence electrons. The second-order valence-corrected chi connectivity index (χ2v) is 3.47. The second-order valence-electron chi connectivity index (χ2n) is 3.04. The first kappa shape index (κ1) is 12.3. The van der Waals surface area contributed by atoms with Crippen molar-refractivity contribution in [3.63, 3.8) is 0 Å². The highest BCUT2D eigenvalue weighted by Gasteiger charge is 2.16. The van der Waals surface area contributed by atoms with Crippen molar-refractivity contribution in [3.05, 3.63) is 28.8 Å². The van der Waals surface area contributed by atoms with E-state index >= 15 is 0 Å². The van der Waals surface area contributed by atoms with Crippen LogP contribution in [0.15, 0.2) is 18.2 Å². The molecule has 0 aliphatic rings. The fourth-order valence-electron chi connectivity index (χ4n) is 1.09. The van der Waals surface area contributed by atoms with Crippen LogP contribution in [0, 0.1) is 11.3 Å². The van der Waals surface area contributed by atoms with Crippen LogP contribution in [-0.4, -0.2) is 19.2 Å². The van der Waals surface area contributed by atoms with Gasteiger partial charge in [-0.05, 0) is 19.1 Å². The number of carbonyl (C=O) groups is 1. The average molecular weight is 240 g/mol. The first-order chi connectivity index (χ1) is 7.58. The summed E-state index contributed by atoms with van der Waals surface area (Å²) in [6, 6.07) is 6.54. The maximum atomic E-state index is 11.1. The molecule has 0 N–H and O–H groups in total. The van der Waals surface area contributed by atoms with E-state index in [1.165, 1.54) is 26.2 Å². The number of nitrogens with zero attached hydrogens (tertiary/aromatic N) is 1. The molecule has 1 aromatic rings. The smallest absolute Gasteiger partial charge is 0.346 e. The van der Waals surface area contributed by atoms with Crippen molar-refractivity contribution in [3.8, 4) is 11.8 Å². The predicted molar refractivity (Wildman–Crippen MR) is 58.3 cm³/mol. The molecular weight excluding hydrogens is 230 g/mol. The Hall–Kier alpha value is -1.73. The molecule has 0 spiro atoms. The van der Waals surface area contributed by atoms with E-state index in [-0.39, 0.29) is 5.75 Å². The first-order valence-electron chi connectivity index (χ1n) is 4.52. The quantitative estimate of drug-likeness (QED) is 0.759. The van der Waals surface area contributed by atoms with Crippen molar-refractivity contribution in [2.75, 3.05) is 7.11 Å². The van der Waals surface area contributed by atoms with Crippen LogP contribution in [0.4, 0.5) is 0 Å². The Morgan fingerprint density at radius 1 is 1.56 bits per heavy atom. The van der Waals surface area contributed by atoms with Crippen LogP contribution in [0.5, 0.6) is 5.75 Å². The highest BCUT2D eigenvalue weighted by atomic mass is 35.5. The average Bonchev–Trinajstić information content (AvgIpc) is 2.28. The van der Waals surface area contributed by atoms with E-state index in [1.807, 2.05) is 6.07 Å². The third-order valence-electron chi connectivity index (χ3n) is 1.90. The van der Waals surface area contributed by atoms with Crippen LogP contribution in [0.3, 0.4) is 0 Å². The molecule has 0 saturated heterocycles. The summed E-state index contributed by atoms with van der Waals surface area (Å²) in [5.41, 5.74) is 0.320. The number of methoxy groups -OCH3 is 1. The Bertz CT molecular complexity index is 439. The minimum Gasteiger partial charge on any atom is -0.478 e. The van der Waals surface area contributed by atoms with Crippen LogP contribution >= 0.6 is 11.6 Å². The Morgan fingerprint density at radius 2 is 2.25 bits per heavy atom. The molecular formula is C11H10ClNO3. The molecule has 1 atom stereocenters. The standard InChI is InChI=1S/C11H10ClNO3/c1-7(11(14)15-2)16-10-5-9(12)4-3-8(10)6-13/h3-5,7H,1-2H3/t7-/m1/s1. The van der Waals surface area contributed by atoms with Crippen LogP contribution in [0.1, 0.15) is 12.5 Å². The topological polar surface area (TPSA) is 59.3 Å². The highest BCUT2D eigenvalue weighted by Crippen LogP contribution is 2.23. The number of hydrogen-bond donors (Lipinski definition) is 0. The fourth-order valence-corrected chi connectivity index (χ4v) is 1.25. The molecule has 0 heterocycles. The Kier molecular flexibility index (Phi) is 4.15. The summed E-state index contributed by atoms with van der Waals surface area (Å²) >= 11 is 5.77. The minimum absolute atomic E-state index is 0.271. The van der Waals surface area contributed by atoms with Crippen molar-refractivity contribution >= 4 is 17.6 Å². The molecule has 16 heavy (non-hydrogen) atoms. The van der Waals surface area contributed by atoms with Gasteiger partial charge in [0.25, 0.3) is 0 Å². The van der Waals surface area contributed by atoms with E-state index < -0.39 is 12.1 Å². The van der Waals surface area contributed by atoms with Gasteiger partial charge in [0.2, 0.25) is 0 Å². The minimum atomic E-state index is -0.782. The summed E-state index contributed by atoms with van der Waals surface area (Å²) in [5.74, 6) is -0.239. The van der Waals surface area contributed by atoms with Gasteiger partial charge in [-0.25, -0.2) is 4.79 Å². The molecule has 1 rings (SSSR count). The lowest BCUT2D eigenvalue weighted by molar-refractivity contribution is -0.147. The fraction of sp³-hybridized carbons (Fsp3) is 0.273. The highest BCUT2D eigenvalue weighted by molar-refractivity contribution is 6.30. The van der Waals surface area contributed by atoms with E-state index in [1.54, 1.807) is 6.07 Å². The van der Waals surface area contributed by atoms with Crippen LogP contribution < -0.4 is 4.74 Å². The lowest BCUT2D eigenvalue weighted by Gasteiger charge is -2.13. The van der Waals surface area contributed by atoms with E-state index in [0.717, 1.165) is 0 Å². The molecule has 0 amide bonds. The van der Waals surface area contributed by atoms with Gasteiger partial charge in [-0.1, -0.05) is 11.6 Å². The van der Waals surface area contributed by atoms with Crippen molar-refractivity contribution in [1.82, 2.24) is 0 Å². The number of carbonyl (C=O) groups excluding carboxylic acids is 1. The largest absolute Gasteiger partial charge is 0.478 e. The zero-order chi connectivity index (χ0) is 12.1. The summed E-state index contributed by atoms with van der Waals surface area (Å²) in [5, 5.41) is 9.26. The van der Waals surface area contributed by atoms with Crippen molar-refractivity contribution in [2.45, 2.75) is 13.0 Å². The summed E-state index contributed by atoms with van der Waals surface area (Å²) in [7, 11) is 1.27.